The van der Waals surface area contributed by atoms with Crippen LogP contribution in [0, 0.1) is 17.8 Å². The van der Waals surface area contributed by atoms with Gasteiger partial charge in [0.15, 0.2) is 0 Å². The third-order valence-electron chi connectivity index (χ3n) is 6.92. The van der Waals surface area contributed by atoms with Gasteiger partial charge in [-0.05, 0) is 63.0 Å². The molecular formula is C26H38F3N3O3. The molecule has 2 aliphatic rings. The number of fused-ring (bicyclic) bond motifs is 1. The van der Waals surface area contributed by atoms with Gasteiger partial charge >= 0.3 is 12.3 Å². The lowest BCUT2D eigenvalue weighted by atomic mass is 9.96. The van der Waals surface area contributed by atoms with Crippen LogP contribution in [0.4, 0.5) is 18.0 Å². The smallest absolute Gasteiger partial charge is 0.416 e. The minimum Gasteiger partial charge on any atom is -0.444 e. The zero-order valence-electron chi connectivity index (χ0n) is 21.5. The molecule has 0 bridgehead atoms. The third kappa shape index (κ3) is 6.90. The zero-order chi connectivity index (χ0) is 26.1. The molecule has 2 fully saturated rings. The van der Waals surface area contributed by atoms with Crippen LogP contribution in [0.25, 0.3) is 0 Å². The van der Waals surface area contributed by atoms with E-state index >= 15 is 0 Å². The number of carbonyl (C=O) groups is 2. The maximum absolute atomic E-state index is 13.3. The highest BCUT2D eigenvalue weighted by Crippen LogP contribution is 2.39. The summed E-state index contributed by atoms with van der Waals surface area (Å²) < 4.78 is 44.6. The van der Waals surface area contributed by atoms with E-state index in [1.54, 1.807) is 33.9 Å². The van der Waals surface area contributed by atoms with E-state index in [9.17, 15) is 22.8 Å². The Labute approximate surface area is 206 Å². The number of amides is 2. The van der Waals surface area contributed by atoms with Crippen molar-refractivity contribution in [1.29, 1.82) is 0 Å². The van der Waals surface area contributed by atoms with Crippen LogP contribution in [-0.2, 0) is 22.3 Å². The van der Waals surface area contributed by atoms with Gasteiger partial charge < -0.3 is 10.1 Å². The Bertz CT molecular complexity index is 913. The lowest BCUT2D eigenvalue weighted by molar-refractivity contribution is -0.137. The van der Waals surface area contributed by atoms with Gasteiger partial charge in [-0.3, -0.25) is 14.6 Å². The topological polar surface area (TPSA) is 61.9 Å². The fourth-order valence-electron chi connectivity index (χ4n) is 5.41. The van der Waals surface area contributed by atoms with Crippen LogP contribution in [0.5, 0.6) is 0 Å². The van der Waals surface area contributed by atoms with Crippen molar-refractivity contribution < 1.29 is 27.5 Å². The second-order valence-electron chi connectivity index (χ2n) is 11.3. The van der Waals surface area contributed by atoms with Crippen molar-refractivity contribution in [3.63, 3.8) is 0 Å². The maximum Gasteiger partial charge on any atom is 0.416 e. The van der Waals surface area contributed by atoms with Gasteiger partial charge in [0.2, 0.25) is 5.91 Å². The molecule has 1 N–H and O–H groups in total. The van der Waals surface area contributed by atoms with E-state index in [2.05, 4.69) is 10.2 Å². The first-order valence-electron chi connectivity index (χ1n) is 12.3. The van der Waals surface area contributed by atoms with Crippen molar-refractivity contribution in [3.8, 4) is 0 Å². The summed E-state index contributed by atoms with van der Waals surface area (Å²) in [4.78, 5) is 29.4. The Balaban J connectivity index is 1.62. The van der Waals surface area contributed by atoms with E-state index in [0.29, 0.717) is 18.0 Å². The molecule has 0 radical (unpaired) electrons. The highest BCUT2D eigenvalue weighted by atomic mass is 19.4. The van der Waals surface area contributed by atoms with Gasteiger partial charge in [0, 0.05) is 32.7 Å². The number of carbonyl (C=O) groups excluding carboxylic acids is 2. The van der Waals surface area contributed by atoms with Crippen LogP contribution in [0.1, 0.15) is 58.6 Å². The number of alkyl halides is 3. The molecule has 196 valence electrons. The number of ether oxygens (including phenoxy) is 1. The highest BCUT2D eigenvalue weighted by molar-refractivity contribution is 5.86. The van der Waals surface area contributed by atoms with E-state index in [0.717, 1.165) is 32.0 Å². The molecule has 1 unspecified atom stereocenters. The van der Waals surface area contributed by atoms with E-state index in [1.165, 1.54) is 17.0 Å². The minimum absolute atomic E-state index is 0.0210. The number of likely N-dealkylation sites (tertiary alicyclic amines) is 1. The number of hydrogen-bond donors (Lipinski definition) is 1. The van der Waals surface area contributed by atoms with Crippen LogP contribution >= 0.6 is 0 Å². The normalized spacial score (nSPS) is 23.8. The zero-order valence-corrected chi connectivity index (χ0v) is 21.5. The van der Waals surface area contributed by atoms with E-state index in [1.807, 2.05) is 13.8 Å². The van der Waals surface area contributed by atoms with Gasteiger partial charge in [-0.1, -0.05) is 32.0 Å². The summed E-state index contributed by atoms with van der Waals surface area (Å²) in [5.41, 5.74) is -0.651. The molecule has 35 heavy (non-hydrogen) atoms. The molecule has 0 aromatic heterocycles. The first-order valence-corrected chi connectivity index (χ1v) is 12.3. The summed E-state index contributed by atoms with van der Waals surface area (Å²) in [7, 11) is 1.59. The lowest BCUT2D eigenvalue weighted by Gasteiger charge is -2.33. The lowest BCUT2D eigenvalue weighted by Crippen LogP contribution is -2.54. The second kappa shape index (κ2) is 10.4. The molecule has 9 heteroatoms. The largest absolute Gasteiger partial charge is 0.444 e. The van der Waals surface area contributed by atoms with Crippen LogP contribution in [0.15, 0.2) is 24.3 Å². The molecule has 6 nitrogen and oxygen atoms in total. The van der Waals surface area contributed by atoms with Crippen LogP contribution < -0.4 is 5.32 Å². The maximum atomic E-state index is 13.3. The number of nitrogens with one attached hydrogen (secondary N) is 1. The van der Waals surface area contributed by atoms with Gasteiger partial charge in [0.05, 0.1) is 5.56 Å². The summed E-state index contributed by atoms with van der Waals surface area (Å²) in [6.07, 6.45) is -3.07. The van der Waals surface area contributed by atoms with Gasteiger partial charge in [0.25, 0.3) is 0 Å². The van der Waals surface area contributed by atoms with Crippen LogP contribution in [0.2, 0.25) is 0 Å². The van der Waals surface area contributed by atoms with Gasteiger partial charge in [-0.15, -0.1) is 0 Å². The van der Waals surface area contributed by atoms with E-state index < -0.39 is 29.5 Å². The molecule has 1 saturated heterocycles. The van der Waals surface area contributed by atoms with Crippen molar-refractivity contribution in [2.75, 3.05) is 20.1 Å². The fourth-order valence-corrected chi connectivity index (χ4v) is 5.41. The Morgan fingerprint density at radius 2 is 1.86 bits per heavy atom. The number of nitrogens with zero attached hydrogens (tertiary/aromatic N) is 2. The Morgan fingerprint density at radius 3 is 2.46 bits per heavy atom. The van der Waals surface area contributed by atoms with Crippen molar-refractivity contribution in [2.45, 2.75) is 77.9 Å². The highest BCUT2D eigenvalue weighted by Gasteiger charge is 2.44. The summed E-state index contributed by atoms with van der Waals surface area (Å²) in [5, 5.41) is 3.18. The standard InChI is InChI=1S/C26H38F3N3O3/c1-16(2)22(31(6)24(34)35-25(3,4)5)23(33)30-21-11-10-18-14-32(15-20(18)21)13-17-8-7-9-19(12-17)26(27,28)29/h7-9,12,16,18,20-22H,10-11,13-15H2,1-6H3,(H,30,33)/t18-,20+,21+,22?/m0/s1. The molecule has 3 rings (SSSR count). The minimum atomic E-state index is -4.35. The number of benzene rings is 1. The first-order chi connectivity index (χ1) is 16.2. The quantitative estimate of drug-likeness (QED) is 0.606. The molecule has 1 aromatic carbocycles. The molecule has 0 spiro atoms. The van der Waals surface area contributed by atoms with E-state index in [-0.39, 0.29) is 23.8 Å². The monoisotopic (exact) mass is 497 g/mol. The predicted octanol–water partition coefficient (Wildman–Crippen LogP) is 4.92. The van der Waals surface area contributed by atoms with Crippen molar-refractivity contribution in [1.82, 2.24) is 15.1 Å². The molecule has 1 heterocycles. The van der Waals surface area contributed by atoms with Gasteiger partial charge in [-0.25, -0.2) is 4.79 Å². The number of rotatable bonds is 6. The number of hydrogen-bond acceptors (Lipinski definition) is 4. The summed E-state index contributed by atoms with van der Waals surface area (Å²) in [6, 6.07) is 4.80. The van der Waals surface area contributed by atoms with Crippen molar-refractivity contribution in [3.05, 3.63) is 35.4 Å². The third-order valence-corrected chi connectivity index (χ3v) is 6.92. The molecule has 4 atom stereocenters. The van der Waals surface area contributed by atoms with Crippen molar-refractivity contribution in [2.24, 2.45) is 17.8 Å². The molecule has 2 amide bonds. The molecule has 1 aliphatic heterocycles. The van der Waals surface area contributed by atoms with Crippen LogP contribution in [-0.4, -0.2) is 59.6 Å². The Kier molecular flexibility index (Phi) is 8.09. The Morgan fingerprint density at radius 1 is 1.17 bits per heavy atom. The van der Waals surface area contributed by atoms with Gasteiger partial charge in [0.1, 0.15) is 11.6 Å². The fraction of sp³-hybridized carbons (Fsp3) is 0.692. The van der Waals surface area contributed by atoms with Gasteiger partial charge in [-0.2, -0.15) is 13.2 Å². The molecule has 1 saturated carbocycles. The number of halogens is 3. The first kappa shape index (κ1) is 27.3. The average Bonchev–Trinajstić information content (AvgIpc) is 3.27. The SMILES string of the molecule is CC(C)C(C(=O)N[C@@H]1CC[C@H]2CN(Cc3cccc(C(F)(F)F)c3)C[C@H]21)N(C)C(=O)OC(C)(C)C. The van der Waals surface area contributed by atoms with E-state index in [4.69, 9.17) is 4.74 Å². The average molecular weight is 498 g/mol. The number of likely N-dealkylation sites (N-methyl/N-ethyl adjacent to an activating group) is 1. The predicted molar refractivity (Wildman–Crippen MR) is 127 cm³/mol. The molecule has 1 aromatic rings. The summed E-state index contributed by atoms with van der Waals surface area (Å²) in [5.74, 6) is 0.331. The molecule has 1 aliphatic carbocycles. The Hall–Kier alpha value is -2.29. The molecular weight excluding hydrogens is 459 g/mol. The second-order valence-corrected chi connectivity index (χ2v) is 11.3. The van der Waals surface area contributed by atoms with Crippen LogP contribution in [0.3, 0.4) is 0 Å². The van der Waals surface area contributed by atoms with Crippen molar-refractivity contribution >= 4 is 12.0 Å². The summed E-state index contributed by atoms with van der Waals surface area (Å²) in [6.45, 7) is 11.1. The summed E-state index contributed by atoms with van der Waals surface area (Å²) >= 11 is 0.